The van der Waals surface area contributed by atoms with E-state index in [0.717, 1.165) is 96.3 Å². The number of esters is 1. The molecule has 1 heterocycles. The minimum atomic E-state index is -1.64. The lowest BCUT2D eigenvalue weighted by Gasteiger charge is -2.41. The zero-order valence-corrected chi connectivity index (χ0v) is 54.2. The van der Waals surface area contributed by atoms with Crippen LogP contribution in [-0.2, 0) is 23.8 Å². The van der Waals surface area contributed by atoms with Crippen LogP contribution in [0.4, 0.5) is 0 Å². The SMILES string of the molecule is CC/C=C\C/C=C\C/C=C\C/C=C\C/C=C\C/C=C\CCCCC(=O)OC1C(OCC(NC(=O)C(O)CCCCCCCCCCCCCC/C=C\C/C=C\CCCCC)C(O)/C=C/CCCCCCCCCCCCC)OC(CO)C(O)C1O. The zero-order chi connectivity index (χ0) is 61.7. The molecule has 8 unspecified atom stereocenters. The van der Waals surface area contributed by atoms with Gasteiger partial charge in [0.15, 0.2) is 12.4 Å². The predicted molar refractivity (Wildman–Crippen MR) is 356 cm³/mol. The highest BCUT2D eigenvalue weighted by molar-refractivity contribution is 5.80. The fourth-order valence-corrected chi connectivity index (χ4v) is 10.2. The van der Waals surface area contributed by atoms with Crippen molar-refractivity contribution < 1.29 is 49.3 Å². The molecular formula is C74H127NO10. The van der Waals surface area contributed by atoms with Crippen molar-refractivity contribution in [2.75, 3.05) is 13.2 Å². The first-order valence-electron chi connectivity index (χ1n) is 34.7. The highest BCUT2D eigenvalue weighted by atomic mass is 16.7. The lowest BCUT2D eigenvalue weighted by atomic mass is 9.99. The number of carbonyl (C=O) groups excluding carboxylic acids is 2. The molecule has 11 heteroatoms. The number of hydrogen-bond donors (Lipinski definition) is 6. The summed E-state index contributed by atoms with van der Waals surface area (Å²) in [6, 6.07) is -1.04. The summed E-state index contributed by atoms with van der Waals surface area (Å²) < 4.78 is 17.6. The van der Waals surface area contributed by atoms with Crippen molar-refractivity contribution in [1.82, 2.24) is 5.32 Å². The van der Waals surface area contributed by atoms with Crippen molar-refractivity contribution in [3.63, 3.8) is 0 Å². The van der Waals surface area contributed by atoms with Gasteiger partial charge in [-0.3, -0.25) is 9.59 Å². The molecule has 0 saturated carbocycles. The molecule has 1 aliphatic heterocycles. The van der Waals surface area contributed by atoms with Gasteiger partial charge in [0.05, 0.1) is 25.4 Å². The van der Waals surface area contributed by atoms with E-state index in [0.29, 0.717) is 12.8 Å². The second-order valence-corrected chi connectivity index (χ2v) is 23.5. The summed E-state index contributed by atoms with van der Waals surface area (Å²) in [6.07, 6.45) is 72.6. The highest BCUT2D eigenvalue weighted by Crippen LogP contribution is 2.26. The fourth-order valence-electron chi connectivity index (χ4n) is 10.2. The summed E-state index contributed by atoms with van der Waals surface area (Å²) in [7, 11) is 0. The van der Waals surface area contributed by atoms with Crippen LogP contribution in [0.5, 0.6) is 0 Å². The normalized spacial score (nSPS) is 19.1. The van der Waals surface area contributed by atoms with Gasteiger partial charge in [0.25, 0.3) is 0 Å². The number of aliphatic hydroxyl groups is 5. The fraction of sp³-hybridized carbons (Fsp3) is 0.730. The molecule has 85 heavy (non-hydrogen) atoms. The van der Waals surface area contributed by atoms with E-state index in [1.807, 2.05) is 6.08 Å². The van der Waals surface area contributed by atoms with Crippen LogP contribution in [0.3, 0.4) is 0 Å². The van der Waals surface area contributed by atoms with Crippen LogP contribution < -0.4 is 5.32 Å². The Morgan fingerprint density at radius 2 is 0.847 bits per heavy atom. The number of ether oxygens (including phenoxy) is 3. The average Bonchev–Trinajstić information content (AvgIpc) is 2.48. The molecule has 488 valence electrons. The van der Waals surface area contributed by atoms with Gasteiger partial charge in [0.2, 0.25) is 5.91 Å². The first kappa shape index (κ1) is 79.3. The Morgan fingerprint density at radius 3 is 1.29 bits per heavy atom. The summed E-state index contributed by atoms with van der Waals surface area (Å²) in [5.41, 5.74) is 0. The van der Waals surface area contributed by atoms with E-state index in [4.69, 9.17) is 14.2 Å². The van der Waals surface area contributed by atoms with Crippen molar-refractivity contribution in [2.45, 2.75) is 333 Å². The quantitative estimate of drug-likeness (QED) is 0.0195. The molecule has 1 fully saturated rings. The van der Waals surface area contributed by atoms with Gasteiger partial charge in [0, 0.05) is 6.42 Å². The van der Waals surface area contributed by atoms with Gasteiger partial charge >= 0.3 is 5.97 Å². The van der Waals surface area contributed by atoms with E-state index in [1.165, 1.54) is 141 Å². The summed E-state index contributed by atoms with van der Waals surface area (Å²) in [5, 5.41) is 57.2. The van der Waals surface area contributed by atoms with Crippen LogP contribution in [0.2, 0.25) is 0 Å². The van der Waals surface area contributed by atoms with E-state index >= 15 is 0 Å². The maximum Gasteiger partial charge on any atom is 0.306 e. The van der Waals surface area contributed by atoms with Gasteiger partial charge in [-0.25, -0.2) is 0 Å². The smallest absolute Gasteiger partial charge is 0.306 e. The maximum atomic E-state index is 13.5. The number of rotatable bonds is 58. The standard InChI is InChI=1S/C74H127NO10/c1-4-7-10-13-16-19-22-25-27-29-31-33-35-36-38-40-43-46-49-52-55-58-61-67(78)73(82)75-65(66(77)60-57-54-51-48-45-42-24-21-18-15-12-9-6-3)64-83-74-72(71(81)70(80)68(63-76)84-74)85-69(79)62-59-56-53-50-47-44-41-39-37-34-32-30-28-26-23-20-17-14-11-8-5-2/h8,11,16-17,19-20,25-28,32,34,39,41,47,50,57,60,65-68,70-72,74,76-78,80-81H,4-7,9-10,12-15,18,21-24,29-31,33,35-38,40,42-46,48-49,51-56,58-59,61-64H2,1-3H3,(H,75,82)/b11-8-,19-16-,20-17-,27-25-,28-26-,34-32-,41-39-,50-47-,60-57+. The van der Waals surface area contributed by atoms with Gasteiger partial charge in [-0.1, -0.05) is 278 Å². The number of nitrogens with one attached hydrogen (secondary N) is 1. The molecule has 8 atom stereocenters. The molecule has 1 aliphatic rings. The number of aliphatic hydroxyl groups excluding tert-OH is 5. The number of allylic oxidation sites excluding steroid dienone is 17. The van der Waals surface area contributed by atoms with Crippen LogP contribution in [0, 0.1) is 0 Å². The van der Waals surface area contributed by atoms with E-state index < -0.39 is 67.4 Å². The number of unbranched alkanes of at least 4 members (excludes halogenated alkanes) is 28. The second-order valence-electron chi connectivity index (χ2n) is 23.5. The molecule has 0 spiro atoms. The monoisotopic (exact) mass is 1190 g/mol. The Labute approximate surface area is 519 Å². The lowest BCUT2D eigenvalue weighted by Crippen LogP contribution is -2.61. The Bertz CT molecular complexity index is 1800. The predicted octanol–water partition coefficient (Wildman–Crippen LogP) is 17.6. The third-order valence-electron chi connectivity index (χ3n) is 15.7. The van der Waals surface area contributed by atoms with Crippen LogP contribution in [0.25, 0.3) is 0 Å². The lowest BCUT2D eigenvalue weighted by molar-refractivity contribution is -0.305. The highest BCUT2D eigenvalue weighted by Gasteiger charge is 2.47. The molecule has 0 aromatic heterocycles. The topological polar surface area (TPSA) is 175 Å². The van der Waals surface area contributed by atoms with Gasteiger partial charge in [-0.2, -0.15) is 0 Å². The molecular weight excluding hydrogens is 1060 g/mol. The largest absolute Gasteiger partial charge is 0.454 e. The summed E-state index contributed by atoms with van der Waals surface area (Å²) >= 11 is 0. The van der Waals surface area contributed by atoms with Gasteiger partial charge in [0.1, 0.15) is 24.4 Å². The van der Waals surface area contributed by atoms with Crippen LogP contribution in [0.15, 0.2) is 109 Å². The number of carbonyl (C=O) groups is 2. The minimum absolute atomic E-state index is 0.0638. The first-order chi connectivity index (χ1) is 41.7. The molecule has 0 bridgehead atoms. The summed E-state index contributed by atoms with van der Waals surface area (Å²) in [4.78, 5) is 26.7. The van der Waals surface area contributed by atoms with Crippen LogP contribution >= 0.6 is 0 Å². The molecule has 6 N–H and O–H groups in total. The second kappa shape index (κ2) is 60.6. The third kappa shape index (κ3) is 48.0. The summed E-state index contributed by atoms with van der Waals surface area (Å²) in [6.45, 7) is 5.65. The summed E-state index contributed by atoms with van der Waals surface area (Å²) in [5.74, 6) is -1.24. The average molecular weight is 1190 g/mol. The van der Waals surface area contributed by atoms with E-state index in [1.54, 1.807) is 6.08 Å². The van der Waals surface area contributed by atoms with E-state index in [-0.39, 0.29) is 19.4 Å². The molecule has 11 nitrogen and oxygen atoms in total. The molecule has 0 aliphatic carbocycles. The molecule has 1 rings (SSSR count). The van der Waals surface area contributed by atoms with Gasteiger partial charge in [-0.05, 0) is 109 Å². The van der Waals surface area contributed by atoms with Crippen LogP contribution in [-0.4, -0.2) is 99.6 Å². The van der Waals surface area contributed by atoms with Crippen molar-refractivity contribution in [3.05, 3.63) is 109 Å². The molecule has 1 saturated heterocycles. The van der Waals surface area contributed by atoms with Crippen LogP contribution in [0.1, 0.15) is 284 Å². The first-order valence-corrected chi connectivity index (χ1v) is 34.7. The van der Waals surface area contributed by atoms with Crippen molar-refractivity contribution in [1.29, 1.82) is 0 Å². The maximum absolute atomic E-state index is 13.5. The third-order valence-corrected chi connectivity index (χ3v) is 15.7. The Kier molecular flexibility index (Phi) is 56.6. The van der Waals surface area contributed by atoms with Crippen molar-refractivity contribution in [3.8, 4) is 0 Å². The van der Waals surface area contributed by atoms with Gasteiger partial charge < -0.3 is 45.1 Å². The zero-order valence-electron chi connectivity index (χ0n) is 54.2. The molecule has 0 aromatic carbocycles. The minimum Gasteiger partial charge on any atom is -0.454 e. The van der Waals surface area contributed by atoms with E-state index in [2.05, 4.69) is 123 Å². The molecule has 0 aromatic rings. The number of hydrogen-bond acceptors (Lipinski definition) is 10. The Morgan fingerprint density at radius 1 is 0.471 bits per heavy atom. The molecule has 0 radical (unpaired) electrons. The van der Waals surface area contributed by atoms with Gasteiger partial charge in [-0.15, -0.1) is 0 Å². The van der Waals surface area contributed by atoms with Crippen molar-refractivity contribution in [2.24, 2.45) is 0 Å². The molecule has 1 amide bonds. The number of amides is 1. The van der Waals surface area contributed by atoms with E-state index in [9.17, 15) is 35.1 Å². The van der Waals surface area contributed by atoms with Crippen molar-refractivity contribution >= 4 is 11.9 Å². The Hall–Kier alpha value is -3.68. The Balaban J connectivity index is 2.65.